The van der Waals surface area contributed by atoms with Gasteiger partial charge in [-0.3, -0.25) is 9.55 Å². The van der Waals surface area contributed by atoms with Crippen LogP contribution in [0.15, 0.2) is 78.2 Å². The Bertz CT molecular complexity index is 1150. The number of ether oxygens (including phenoxy) is 2. The summed E-state index contributed by atoms with van der Waals surface area (Å²) in [6.45, 7) is 0.464. The van der Waals surface area contributed by atoms with Crippen LogP contribution < -0.4 is 9.47 Å². The number of benzene rings is 2. The Kier molecular flexibility index (Phi) is 5.06. The van der Waals surface area contributed by atoms with Crippen LogP contribution in [0.2, 0.25) is 0 Å². The average Bonchev–Trinajstić information content (AvgIpc) is 3.22. The van der Waals surface area contributed by atoms with Crippen molar-refractivity contribution in [2.75, 3.05) is 12.4 Å². The van der Waals surface area contributed by atoms with Crippen LogP contribution in [0, 0.1) is 5.82 Å². The Labute approximate surface area is 176 Å². The SMILES string of the molecule is Fc1ccc(-n2c(SC[C@H]3COc4ccccc4O3)nnc2-c2ccncc2)cc1. The van der Waals surface area contributed by atoms with Crippen molar-refractivity contribution >= 4 is 11.8 Å². The van der Waals surface area contributed by atoms with Gasteiger partial charge in [0, 0.05) is 29.4 Å². The number of halogens is 1. The van der Waals surface area contributed by atoms with Crippen LogP contribution in [0.3, 0.4) is 0 Å². The Hall–Kier alpha value is -3.39. The highest BCUT2D eigenvalue weighted by Crippen LogP contribution is 2.33. The van der Waals surface area contributed by atoms with Crippen LogP contribution in [0.5, 0.6) is 11.5 Å². The van der Waals surface area contributed by atoms with E-state index in [1.165, 1.54) is 23.9 Å². The highest BCUT2D eigenvalue weighted by atomic mass is 32.2. The first kappa shape index (κ1) is 18.6. The van der Waals surface area contributed by atoms with Gasteiger partial charge in [0.05, 0.1) is 0 Å². The number of pyridine rings is 1. The largest absolute Gasteiger partial charge is 0.486 e. The van der Waals surface area contributed by atoms with Gasteiger partial charge in [0.25, 0.3) is 0 Å². The van der Waals surface area contributed by atoms with Gasteiger partial charge in [-0.2, -0.15) is 0 Å². The molecule has 2 aromatic heterocycles. The summed E-state index contributed by atoms with van der Waals surface area (Å²) in [4.78, 5) is 4.06. The Morgan fingerprint density at radius 2 is 1.73 bits per heavy atom. The van der Waals surface area contributed by atoms with Crippen LogP contribution in [0.1, 0.15) is 0 Å². The summed E-state index contributed by atoms with van der Waals surface area (Å²) < 4.78 is 27.2. The molecule has 0 aliphatic carbocycles. The highest BCUT2D eigenvalue weighted by Gasteiger charge is 2.23. The molecule has 30 heavy (non-hydrogen) atoms. The average molecular weight is 420 g/mol. The molecule has 1 aliphatic rings. The molecule has 0 spiro atoms. The van der Waals surface area contributed by atoms with Crippen molar-refractivity contribution in [1.82, 2.24) is 19.7 Å². The standard InChI is InChI=1S/C22H17FN4O2S/c23-16-5-7-17(8-6-16)27-21(15-9-11-24-12-10-15)25-26-22(27)30-14-18-13-28-19-3-1-2-4-20(19)29-18/h1-12,18H,13-14H2/t18-/m1/s1. The summed E-state index contributed by atoms with van der Waals surface area (Å²) in [6.07, 6.45) is 3.29. The minimum atomic E-state index is -0.294. The van der Waals surface area contributed by atoms with Gasteiger partial charge in [-0.1, -0.05) is 23.9 Å². The van der Waals surface area contributed by atoms with Gasteiger partial charge < -0.3 is 9.47 Å². The molecule has 1 atom stereocenters. The van der Waals surface area contributed by atoms with Crippen LogP contribution in [-0.2, 0) is 0 Å². The fourth-order valence-electron chi connectivity index (χ4n) is 3.19. The van der Waals surface area contributed by atoms with Crippen LogP contribution in [-0.4, -0.2) is 38.2 Å². The first-order chi connectivity index (χ1) is 14.8. The van der Waals surface area contributed by atoms with Crippen molar-refractivity contribution in [3.05, 3.63) is 78.9 Å². The molecule has 0 bridgehead atoms. The first-order valence-electron chi connectivity index (χ1n) is 9.41. The molecule has 0 radical (unpaired) electrons. The third kappa shape index (κ3) is 3.73. The number of para-hydroxylation sites is 2. The van der Waals surface area contributed by atoms with Gasteiger partial charge in [-0.05, 0) is 48.5 Å². The summed E-state index contributed by atoms with van der Waals surface area (Å²) in [5.41, 5.74) is 1.65. The highest BCUT2D eigenvalue weighted by molar-refractivity contribution is 7.99. The number of nitrogens with zero attached hydrogens (tertiary/aromatic N) is 4. The predicted molar refractivity (Wildman–Crippen MR) is 112 cm³/mol. The lowest BCUT2D eigenvalue weighted by atomic mass is 10.2. The van der Waals surface area contributed by atoms with Crippen molar-refractivity contribution < 1.29 is 13.9 Å². The second-order valence-electron chi connectivity index (χ2n) is 6.66. The second kappa shape index (κ2) is 8.16. The molecule has 3 heterocycles. The van der Waals surface area contributed by atoms with E-state index in [1.54, 1.807) is 24.5 Å². The fourth-order valence-corrected chi connectivity index (χ4v) is 4.11. The van der Waals surface area contributed by atoms with E-state index in [4.69, 9.17) is 9.47 Å². The van der Waals surface area contributed by atoms with Crippen LogP contribution in [0.4, 0.5) is 4.39 Å². The van der Waals surface area contributed by atoms with Crippen molar-refractivity contribution in [1.29, 1.82) is 0 Å². The van der Waals surface area contributed by atoms with Crippen LogP contribution >= 0.6 is 11.8 Å². The number of hydrogen-bond donors (Lipinski definition) is 0. The molecule has 0 saturated heterocycles. The molecule has 6 nitrogen and oxygen atoms in total. The lowest BCUT2D eigenvalue weighted by Crippen LogP contribution is -2.31. The van der Waals surface area contributed by atoms with Gasteiger partial charge in [-0.25, -0.2) is 4.39 Å². The van der Waals surface area contributed by atoms with Gasteiger partial charge >= 0.3 is 0 Å². The Morgan fingerprint density at radius 3 is 2.53 bits per heavy atom. The summed E-state index contributed by atoms with van der Waals surface area (Å²) in [5.74, 6) is 2.50. The minimum absolute atomic E-state index is 0.118. The van der Waals surface area contributed by atoms with Gasteiger partial charge in [0.2, 0.25) is 0 Å². The van der Waals surface area contributed by atoms with E-state index in [1.807, 2.05) is 41.0 Å². The molecule has 0 unspecified atom stereocenters. The number of thioether (sulfide) groups is 1. The molecular formula is C22H17FN4O2S. The van der Waals surface area contributed by atoms with Crippen molar-refractivity contribution in [3.8, 4) is 28.6 Å². The Balaban J connectivity index is 1.42. The van der Waals surface area contributed by atoms with E-state index in [2.05, 4.69) is 15.2 Å². The van der Waals surface area contributed by atoms with Crippen LogP contribution in [0.25, 0.3) is 17.1 Å². The number of rotatable bonds is 5. The monoisotopic (exact) mass is 420 g/mol. The third-order valence-electron chi connectivity index (χ3n) is 4.62. The molecule has 5 rings (SSSR count). The summed E-state index contributed by atoms with van der Waals surface area (Å²) in [6, 6.07) is 17.6. The molecule has 0 fully saturated rings. The zero-order chi connectivity index (χ0) is 20.3. The second-order valence-corrected chi connectivity index (χ2v) is 7.65. The summed E-state index contributed by atoms with van der Waals surface area (Å²) >= 11 is 1.52. The van der Waals surface area contributed by atoms with Gasteiger partial charge in [-0.15, -0.1) is 10.2 Å². The molecule has 150 valence electrons. The number of aromatic nitrogens is 4. The van der Waals surface area contributed by atoms with Gasteiger partial charge in [0.1, 0.15) is 18.5 Å². The smallest absolute Gasteiger partial charge is 0.196 e. The molecule has 0 amide bonds. The fraction of sp³-hybridized carbons (Fsp3) is 0.136. The van der Waals surface area contributed by atoms with E-state index in [-0.39, 0.29) is 11.9 Å². The molecule has 1 aliphatic heterocycles. The zero-order valence-corrected chi connectivity index (χ0v) is 16.6. The van der Waals surface area contributed by atoms with E-state index in [0.717, 1.165) is 22.7 Å². The molecule has 4 aromatic rings. The molecule has 0 N–H and O–H groups in total. The van der Waals surface area contributed by atoms with Crippen molar-refractivity contribution in [2.24, 2.45) is 0 Å². The lowest BCUT2D eigenvalue weighted by Gasteiger charge is -2.26. The van der Waals surface area contributed by atoms with Gasteiger partial charge in [0.15, 0.2) is 22.5 Å². The lowest BCUT2D eigenvalue weighted by molar-refractivity contribution is 0.107. The Morgan fingerprint density at radius 1 is 0.967 bits per heavy atom. The summed E-state index contributed by atoms with van der Waals surface area (Å²) in [5, 5.41) is 9.46. The quantitative estimate of drug-likeness (QED) is 0.446. The number of hydrogen-bond acceptors (Lipinski definition) is 6. The molecule has 2 aromatic carbocycles. The maximum absolute atomic E-state index is 13.5. The van der Waals surface area contributed by atoms with E-state index in [9.17, 15) is 4.39 Å². The van der Waals surface area contributed by atoms with Crippen molar-refractivity contribution in [2.45, 2.75) is 11.3 Å². The summed E-state index contributed by atoms with van der Waals surface area (Å²) in [7, 11) is 0. The van der Waals surface area contributed by atoms with Crippen molar-refractivity contribution in [3.63, 3.8) is 0 Å². The van der Waals surface area contributed by atoms with E-state index < -0.39 is 0 Å². The molecule has 0 saturated carbocycles. The maximum atomic E-state index is 13.5. The van der Waals surface area contributed by atoms with E-state index >= 15 is 0 Å². The molecular weight excluding hydrogens is 403 g/mol. The zero-order valence-electron chi connectivity index (χ0n) is 15.8. The minimum Gasteiger partial charge on any atom is -0.486 e. The number of fused-ring (bicyclic) bond motifs is 1. The molecule has 8 heteroatoms. The normalized spacial score (nSPS) is 15.2. The van der Waals surface area contributed by atoms with E-state index in [0.29, 0.717) is 23.3 Å². The first-order valence-corrected chi connectivity index (χ1v) is 10.4. The maximum Gasteiger partial charge on any atom is 0.196 e. The topological polar surface area (TPSA) is 62.1 Å². The third-order valence-corrected chi connectivity index (χ3v) is 5.68. The predicted octanol–water partition coefficient (Wildman–Crippen LogP) is 4.40.